The molecular formula is C15H26N4S. The van der Waals surface area contributed by atoms with Crippen molar-refractivity contribution in [2.75, 3.05) is 20.1 Å². The fourth-order valence-electron chi connectivity index (χ4n) is 2.56. The van der Waals surface area contributed by atoms with E-state index in [0.29, 0.717) is 18.0 Å². The molecule has 0 bridgehead atoms. The number of likely N-dealkylation sites (tertiary alicyclic amines) is 1. The maximum absolute atomic E-state index is 4.33. The molecular weight excluding hydrogens is 268 g/mol. The van der Waals surface area contributed by atoms with E-state index in [-0.39, 0.29) is 0 Å². The fourth-order valence-corrected chi connectivity index (χ4v) is 3.23. The predicted molar refractivity (Wildman–Crippen MR) is 87.3 cm³/mol. The zero-order valence-electron chi connectivity index (χ0n) is 12.9. The van der Waals surface area contributed by atoms with E-state index in [9.17, 15) is 0 Å². The number of hydrogen-bond acceptors (Lipinski definition) is 3. The lowest BCUT2D eigenvalue weighted by Gasteiger charge is -2.21. The van der Waals surface area contributed by atoms with Crippen LogP contribution in [0.25, 0.3) is 0 Å². The van der Waals surface area contributed by atoms with E-state index < -0.39 is 0 Å². The van der Waals surface area contributed by atoms with Crippen LogP contribution in [0.3, 0.4) is 0 Å². The first-order chi connectivity index (χ1) is 9.60. The summed E-state index contributed by atoms with van der Waals surface area (Å²) in [4.78, 5) is 6.86. The highest BCUT2D eigenvalue weighted by Crippen LogP contribution is 2.18. The van der Waals surface area contributed by atoms with Crippen LogP contribution in [0.4, 0.5) is 0 Å². The van der Waals surface area contributed by atoms with Gasteiger partial charge in [0.05, 0.1) is 0 Å². The Kier molecular flexibility index (Phi) is 5.43. The van der Waals surface area contributed by atoms with Crippen molar-refractivity contribution >= 4 is 17.3 Å². The van der Waals surface area contributed by atoms with Crippen LogP contribution in [0.5, 0.6) is 0 Å². The normalized spacial score (nSPS) is 24.4. The largest absolute Gasteiger partial charge is 0.352 e. The van der Waals surface area contributed by atoms with Crippen LogP contribution in [-0.2, 0) is 6.54 Å². The molecule has 0 aromatic carbocycles. The number of rotatable bonds is 4. The second-order valence-corrected chi connectivity index (χ2v) is 6.61. The highest BCUT2D eigenvalue weighted by molar-refractivity contribution is 7.07. The molecule has 2 heterocycles. The molecule has 112 valence electrons. The van der Waals surface area contributed by atoms with Gasteiger partial charge in [0, 0.05) is 38.8 Å². The molecule has 0 radical (unpaired) electrons. The standard InChI is InChI=1S/C15H26N4S/c1-11(2)19-8-12(3)14(9-19)18-15(16-4)17-7-13-5-6-20-10-13/h5-6,10-12,14H,7-9H2,1-4H3,(H2,16,17,18). The molecule has 0 saturated carbocycles. The molecule has 0 spiro atoms. The zero-order chi connectivity index (χ0) is 14.5. The first-order valence-electron chi connectivity index (χ1n) is 7.32. The van der Waals surface area contributed by atoms with Gasteiger partial charge in [-0.2, -0.15) is 11.3 Å². The monoisotopic (exact) mass is 294 g/mol. The molecule has 0 aliphatic carbocycles. The van der Waals surface area contributed by atoms with Gasteiger partial charge in [-0.05, 0) is 42.2 Å². The van der Waals surface area contributed by atoms with Gasteiger partial charge in [0.1, 0.15) is 0 Å². The number of nitrogens with one attached hydrogen (secondary N) is 2. The van der Waals surface area contributed by atoms with Crippen molar-refractivity contribution in [3.05, 3.63) is 22.4 Å². The highest BCUT2D eigenvalue weighted by atomic mass is 32.1. The molecule has 2 unspecified atom stereocenters. The highest BCUT2D eigenvalue weighted by Gasteiger charge is 2.31. The quantitative estimate of drug-likeness (QED) is 0.660. The van der Waals surface area contributed by atoms with Crippen molar-refractivity contribution in [2.24, 2.45) is 10.9 Å². The van der Waals surface area contributed by atoms with E-state index in [2.05, 4.69) is 58.1 Å². The van der Waals surface area contributed by atoms with Gasteiger partial charge in [-0.25, -0.2) is 0 Å². The summed E-state index contributed by atoms with van der Waals surface area (Å²) in [5.74, 6) is 1.55. The summed E-state index contributed by atoms with van der Waals surface area (Å²) in [7, 11) is 1.84. The molecule has 1 saturated heterocycles. The average Bonchev–Trinajstić information content (AvgIpc) is 3.04. The molecule has 2 atom stereocenters. The van der Waals surface area contributed by atoms with Crippen LogP contribution in [-0.4, -0.2) is 43.1 Å². The second kappa shape index (κ2) is 7.09. The Labute approximate surface area is 126 Å². The van der Waals surface area contributed by atoms with Crippen LogP contribution in [0.2, 0.25) is 0 Å². The second-order valence-electron chi connectivity index (χ2n) is 5.83. The van der Waals surface area contributed by atoms with Gasteiger partial charge in [-0.15, -0.1) is 0 Å². The summed E-state index contributed by atoms with van der Waals surface area (Å²) in [6, 6.07) is 3.24. The zero-order valence-corrected chi connectivity index (χ0v) is 13.7. The summed E-state index contributed by atoms with van der Waals surface area (Å²) in [5, 5.41) is 11.2. The van der Waals surface area contributed by atoms with Crippen LogP contribution in [0.15, 0.2) is 21.8 Å². The van der Waals surface area contributed by atoms with Crippen LogP contribution in [0, 0.1) is 5.92 Å². The van der Waals surface area contributed by atoms with Crippen LogP contribution < -0.4 is 10.6 Å². The Morgan fingerprint density at radius 2 is 2.30 bits per heavy atom. The SMILES string of the molecule is CN=C(NCc1ccsc1)NC1CN(C(C)C)CC1C. The molecule has 1 aromatic heterocycles. The molecule has 2 rings (SSSR count). The molecule has 20 heavy (non-hydrogen) atoms. The summed E-state index contributed by atoms with van der Waals surface area (Å²) in [5.41, 5.74) is 1.31. The minimum Gasteiger partial charge on any atom is -0.352 e. The first-order valence-corrected chi connectivity index (χ1v) is 8.26. The Morgan fingerprint density at radius 1 is 1.50 bits per heavy atom. The summed E-state index contributed by atoms with van der Waals surface area (Å²) in [6.07, 6.45) is 0. The summed E-state index contributed by atoms with van der Waals surface area (Å²) < 4.78 is 0. The lowest BCUT2D eigenvalue weighted by molar-refractivity contribution is 0.265. The molecule has 0 amide bonds. The Morgan fingerprint density at radius 3 is 2.85 bits per heavy atom. The first kappa shape index (κ1) is 15.3. The number of guanidine groups is 1. The van der Waals surface area contributed by atoms with Gasteiger partial charge in [0.2, 0.25) is 0 Å². The molecule has 2 N–H and O–H groups in total. The van der Waals surface area contributed by atoms with Crippen molar-refractivity contribution in [1.82, 2.24) is 15.5 Å². The number of thiophene rings is 1. The minimum absolute atomic E-state index is 0.478. The van der Waals surface area contributed by atoms with Gasteiger partial charge in [-0.3, -0.25) is 9.89 Å². The molecule has 5 heteroatoms. The maximum atomic E-state index is 4.33. The van der Waals surface area contributed by atoms with E-state index in [4.69, 9.17) is 0 Å². The maximum Gasteiger partial charge on any atom is 0.191 e. The predicted octanol–water partition coefficient (Wildman–Crippen LogP) is 2.14. The van der Waals surface area contributed by atoms with Gasteiger partial charge in [0.15, 0.2) is 5.96 Å². The third kappa shape index (κ3) is 3.96. The average molecular weight is 294 g/mol. The van der Waals surface area contributed by atoms with Crippen molar-refractivity contribution < 1.29 is 0 Å². The molecule has 1 aliphatic rings. The van der Waals surface area contributed by atoms with Crippen molar-refractivity contribution in [3.63, 3.8) is 0 Å². The van der Waals surface area contributed by atoms with Gasteiger partial charge >= 0.3 is 0 Å². The number of aliphatic imine (C=N–C) groups is 1. The molecule has 4 nitrogen and oxygen atoms in total. The Hall–Kier alpha value is -1.07. The van der Waals surface area contributed by atoms with Gasteiger partial charge in [0.25, 0.3) is 0 Å². The van der Waals surface area contributed by atoms with Gasteiger partial charge < -0.3 is 10.6 Å². The Balaban J connectivity index is 1.84. The Bertz CT molecular complexity index is 427. The van der Waals surface area contributed by atoms with Crippen LogP contribution in [0.1, 0.15) is 26.3 Å². The van der Waals surface area contributed by atoms with E-state index in [1.165, 1.54) is 5.56 Å². The third-order valence-electron chi connectivity index (χ3n) is 3.96. The van der Waals surface area contributed by atoms with Crippen molar-refractivity contribution in [3.8, 4) is 0 Å². The van der Waals surface area contributed by atoms with E-state index in [1.807, 2.05) is 7.05 Å². The van der Waals surface area contributed by atoms with Crippen LogP contribution >= 0.6 is 11.3 Å². The third-order valence-corrected chi connectivity index (χ3v) is 4.69. The van der Waals surface area contributed by atoms with Gasteiger partial charge in [-0.1, -0.05) is 6.92 Å². The van der Waals surface area contributed by atoms with Crippen molar-refractivity contribution in [1.29, 1.82) is 0 Å². The molecule has 1 aromatic rings. The lowest BCUT2D eigenvalue weighted by atomic mass is 10.1. The molecule has 1 aliphatic heterocycles. The van der Waals surface area contributed by atoms with E-state index in [0.717, 1.165) is 25.6 Å². The lowest BCUT2D eigenvalue weighted by Crippen LogP contribution is -2.46. The minimum atomic E-state index is 0.478. The fraction of sp³-hybridized carbons (Fsp3) is 0.667. The number of hydrogen-bond donors (Lipinski definition) is 2. The van der Waals surface area contributed by atoms with E-state index >= 15 is 0 Å². The molecule has 1 fully saturated rings. The van der Waals surface area contributed by atoms with Crippen molar-refractivity contribution in [2.45, 2.75) is 39.4 Å². The smallest absolute Gasteiger partial charge is 0.191 e. The summed E-state index contributed by atoms with van der Waals surface area (Å²) >= 11 is 1.73. The summed E-state index contributed by atoms with van der Waals surface area (Å²) in [6.45, 7) is 9.93. The van der Waals surface area contributed by atoms with E-state index in [1.54, 1.807) is 11.3 Å². The number of nitrogens with zero attached hydrogens (tertiary/aromatic N) is 2. The topological polar surface area (TPSA) is 39.7 Å².